The van der Waals surface area contributed by atoms with Crippen molar-refractivity contribution in [3.05, 3.63) is 29.8 Å². The fourth-order valence-electron chi connectivity index (χ4n) is 3.70. The molecule has 2 saturated heterocycles. The maximum absolute atomic E-state index is 12.6. The third kappa shape index (κ3) is 3.21. The molecule has 2 aliphatic rings. The van der Waals surface area contributed by atoms with Gasteiger partial charge in [-0.05, 0) is 49.9 Å². The topological polar surface area (TPSA) is 48.0 Å². The molecule has 2 heterocycles. The molecule has 1 atom stereocenters. The van der Waals surface area contributed by atoms with Crippen LogP contribution < -0.4 is 4.74 Å². The molecule has 0 bridgehead atoms. The van der Waals surface area contributed by atoms with Gasteiger partial charge in [0.25, 0.3) is 5.91 Å². The van der Waals surface area contributed by atoms with E-state index in [1.165, 1.54) is 0 Å². The van der Waals surface area contributed by atoms with E-state index in [4.69, 9.17) is 14.2 Å². The lowest BCUT2D eigenvalue weighted by Crippen LogP contribution is -2.56. The molecule has 2 fully saturated rings. The first-order valence-electron chi connectivity index (χ1n) is 8.28. The summed E-state index contributed by atoms with van der Waals surface area (Å²) < 4.78 is 16.9. The second-order valence-corrected chi connectivity index (χ2v) is 6.30. The van der Waals surface area contributed by atoms with Crippen LogP contribution >= 0.6 is 0 Å². The lowest BCUT2D eigenvalue weighted by Gasteiger charge is -2.48. The second kappa shape index (κ2) is 6.89. The minimum absolute atomic E-state index is 0.0762. The molecule has 0 radical (unpaired) electrons. The fraction of sp³-hybridized carbons (Fsp3) is 0.611. The first-order valence-corrected chi connectivity index (χ1v) is 8.28. The molecule has 5 nitrogen and oxygen atoms in total. The summed E-state index contributed by atoms with van der Waals surface area (Å²) in [5.41, 5.74) is 0.499. The van der Waals surface area contributed by atoms with Crippen LogP contribution in [0.3, 0.4) is 0 Å². The van der Waals surface area contributed by atoms with Gasteiger partial charge in [0.1, 0.15) is 5.75 Å². The van der Waals surface area contributed by atoms with Gasteiger partial charge in [0.05, 0.1) is 18.8 Å². The molecule has 1 aromatic carbocycles. The highest BCUT2D eigenvalue weighted by atomic mass is 16.5. The molecule has 1 aromatic rings. The maximum atomic E-state index is 12.6. The Morgan fingerprint density at radius 3 is 2.52 bits per heavy atom. The number of carbonyl (C=O) groups is 1. The molecule has 0 saturated carbocycles. The van der Waals surface area contributed by atoms with Crippen LogP contribution in [0.2, 0.25) is 0 Å². The zero-order valence-electron chi connectivity index (χ0n) is 13.9. The molecule has 126 valence electrons. The van der Waals surface area contributed by atoms with Crippen LogP contribution in [-0.2, 0) is 9.47 Å². The van der Waals surface area contributed by atoms with Crippen molar-refractivity contribution in [3.63, 3.8) is 0 Å². The summed E-state index contributed by atoms with van der Waals surface area (Å²) in [6.45, 7) is 2.22. The maximum Gasteiger partial charge on any atom is 0.253 e. The predicted molar refractivity (Wildman–Crippen MR) is 86.8 cm³/mol. The standard InChI is InChI=1S/C18H25NO4/c1-21-15-7-5-14(6-8-15)17(20)19-11-9-18(10-12-19)16(22-2)4-3-13-23-18/h5-8,16H,3-4,9-13H2,1-2H3. The average molecular weight is 319 g/mol. The van der Waals surface area contributed by atoms with Gasteiger partial charge in [-0.2, -0.15) is 0 Å². The van der Waals surface area contributed by atoms with Crippen molar-refractivity contribution in [2.45, 2.75) is 37.4 Å². The van der Waals surface area contributed by atoms with E-state index >= 15 is 0 Å². The average Bonchev–Trinajstić information content (AvgIpc) is 2.62. The third-order valence-corrected chi connectivity index (χ3v) is 5.11. The van der Waals surface area contributed by atoms with Crippen molar-refractivity contribution in [3.8, 4) is 5.75 Å². The Morgan fingerprint density at radius 2 is 1.91 bits per heavy atom. The highest BCUT2D eigenvalue weighted by Crippen LogP contribution is 2.37. The molecule has 0 aliphatic carbocycles. The lowest BCUT2D eigenvalue weighted by molar-refractivity contribution is -0.183. The highest BCUT2D eigenvalue weighted by Gasteiger charge is 2.45. The molecule has 5 heteroatoms. The van der Waals surface area contributed by atoms with E-state index in [9.17, 15) is 4.79 Å². The Labute approximate surface area is 137 Å². The number of nitrogens with zero attached hydrogens (tertiary/aromatic N) is 1. The quantitative estimate of drug-likeness (QED) is 0.859. The highest BCUT2D eigenvalue weighted by molar-refractivity contribution is 5.94. The van der Waals surface area contributed by atoms with Gasteiger partial charge in [0.2, 0.25) is 0 Å². The molecule has 1 amide bonds. The van der Waals surface area contributed by atoms with Crippen molar-refractivity contribution >= 4 is 5.91 Å². The SMILES string of the molecule is COc1ccc(C(=O)N2CCC3(CC2)OCCCC3OC)cc1. The first kappa shape index (κ1) is 16.3. The number of likely N-dealkylation sites (tertiary alicyclic amines) is 1. The third-order valence-electron chi connectivity index (χ3n) is 5.11. The summed E-state index contributed by atoms with van der Waals surface area (Å²) in [5.74, 6) is 0.838. The van der Waals surface area contributed by atoms with Crippen LogP contribution in [0.4, 0.5) is 0 Å². The summed E-state index contributed by atoms with van der Waals surface area (Å²) in [5, 5.41) is 0. The van der Waals surface area contributed by atoms with Crippen molar-refractivity contribution in [1.29, 1.82) is 0 Å². The molecule has 0 aromatic heterocycles. The van der Waals surface area contributed by atoms with Crippen molar-refractivity contribution in [1.82, 2.24) is 4.90 Å². The van der Waals surface area contributed by atoms with Gasteiger partial charge in [0, 0.05) is 32.4 Å². The molecule has 23 heavy (non-hydrogen) atoms. The molecule has 0 N–H and O–H groups in total. The number of ether oxygens (including phenoxy) is 3. The molecule has 1 unspecified atom stereocenters. The summed E-state index contributed by atoms with van der Waals surface area (Å²) in [4.78, 5) is 14.5. The predicted octanol–water partition coefficient (Wildman–Crippen LogP) is 2.50. The number of carbonyl (C=O) groups excluding carboxylic acids is 1. The Balaban J connectivity index is 1.64. The number of amides is 1. The number of hydrogen-bond acceptors (Lipinski definition) is 4. The molecular formula is C18H25NO4. The largest absolute Gasteiger partial charge is 0.497 e. The summed E-state index contributed by atoms with van der Waals surface area (Å²) >= 11 is 0. The van der Waals surface area contributed by atoms with Gasteiger partial charge < -0.3 is 19.1 Å². The zero-order chi connectivity index (χ0) is 16.3. The van der Waals surface area contributed by atoms with E-state index in [1.807, 2.05) is 29.2 Å². The van der Waals surface area contributed by atoms with Gasteiger partial charge in [0.15, 0.2) is 0 Å². The van der Waals surface area contributed by atoms with Crippen LogP contribution in [0.15, 0.2) is 24.3 Å². The van der Waals surface area contributed by atoms with Crippen LogP contribution in [0.1, 0.15) is 36.0 Å². The second-order valence-electron chi connectivity index (χ2n) is 6.30. The Bertz CT molecular complexity index is 534. The summed E-state index contributed by atoms with van der Waals surface area (Å²) in [6.07, 6.45) is 3.92. The van der Waals surface area contributed by atoms with Gasteiger partial charge in [-0.25, -0.2) is 0 Å². The Kier molecular flexibility index (Phi) is 4.87. The van der Waals surface area contributed by atoms with Gasteiger partial charge in [-0.1, -0.05) is 0 Å². The van der Waals surface area contributed by atoms with E-state index in [0.29, 0.717) is 18.7 Å². The van der Waals surface area contributed by atoms with E-state index in [1.54, 1.807) is 14.2 Å². The van der Waals surface area contributed by atoms with E-state index in [0.717, 1.165) is 38.0 Å². The van der Waals surface area contributed by atoms with E-state index in [-0.39, 0.29) is 17.6 Å². The number of rotatable bonds is 3. The van der Waals surface area contributed by atoms with Gasteiger partial charge in [-0.15, -0.1) is 0 Å². The first-order chi connectivity index (χ1) is 11.2. The minimum Gasteiger partial charge on any atom is -0.497 e. The normalized spacial score (nSPS) is 23.7. The van der Waals surface area contributed by atoms with E-state index < -0.39 is 0 Å². The molecule has 3 rings (SSSR count). The smallest absolute Gasteiger partial charge is 0.253 e. The number of benzene rings is 1. The molecule has 1 spiro atoms. The van der Waals surface area contributed by atoms with Crippen LogP contribution in [0.25, 0.3) is 0 Å². The lowest BCUT2D eigenvalue weighted by atomic mass is 9.81. The van der Waals surface area contributed by atoms with Gasteiger partial charge >= 0.3 is 0 Å². The van der Waals surface area contributed by atoms with Crippen LogP contribution in [0.5, 0.6) is 5.75 Å². The van der Waals surface area contributed by atoms with Crippen molar-refractivity contribution < 1.29 is 19.0 Å². The fourth-order valence-corrected chi connectivity index (χ4v) is 3.70. The summed E-state index contributed by atoms with van der Waals surface area (Å²) in [6, 6.07) is 7.29. The van der Waals surface area contributed by atoms with E-state index in [2.05, 4.69) is 0 Å². The Morgan fingerprint density at radius 1 is 1.22 bits per heavy atom. The van der Waals surface area contributed by atoms with Crippen LogP contribution in [0, 0.1) is 0 Å². The summed E-state index contributed by atoms with van der Waals surface area (Å²) in [7, 11) is 3.38. The molecular weight excluding hydrogens is 294 g/mol. The zero-order valence-corrected chi connectivity index (χ0v) is 13.9. The monoisotopic (exact) mass is 319 g/mol. The van der Waals surface area contributed by atoms with Crippen LogP contribution in [-0.4, -0.2) is 56.4 Å². The minimum atomic E-state index is -0.205. The Hall–Kier alpha value is -1.59. The number of methoxy groups -OCH3 is 2. The molecule has 2 aliphatic heterocycles. The van der Waals surface area contributed by atoms with Crippen molar-refractivity contribution in [2.24, 2.45) is 0 Å². The number of hydrogen-bond donors (Lipinski definition) is 0. The van der Waals surface area contributed by atoms with Gasteiger partial charge in [-0.3, -0.25) is 4.79 Å². The number of piperidine rings is 1. The van der Waals surface area contributed by atoms with Crippen molar-refractivity contribution in [2.75, 3.05) is 33.9 Å².